The van der Waals surface area contributed by atoms with Crippen LogP contribution in [0.2, 0.25) is 0 Å². The van der Waals surface area contributed by atoms with Gasteiger partial charge in [0.15, 0.2) is 11.6 Å². The van der Waals surface area contributed by atoms with E-state index in [1.807, 2.05) is 0 Å². The fourth-order valence-corrected chi connectivity index (χ4v) is 2.02. The van der Waals surface area contributed by atoms with Gasteiger partial charge in [-0.05, 0) is 31.0 Å². The van der Waals surface area contributed by atoms with Crippen molar-refractivity contribution in [1.82, 2.24) is 10.3 Å². The van der Waals surface area contributed by atoms with E-state index in [9.17, 15) is 13.6 Å². The minimum absolute atomic E-state index is 0.118. The molecule has 120 valence electrons. The smallest absolute Gasteiger partial charge is 0.240 e. The molecule has 1 saturated carbocycles. The predicted octanol–water partition coefficient (Wildman–Crippen LogP) is 2.26. The van der Waals surface area contributed by atoms with Gasteiger partial charge in [-0.25, -0.2) is 13.8 Å². The number of aromatic nitrogens is 1. The average Bonchev–Trinajstić information content (AvgIpc) is 3.29. The predicted molar refractivity (Wildman–Crippen MR) is 78.7 cm³/mol. The van der Waals surface area contributed by atoms with E-state index in [4.69, 9.17) is 10.5 Å². The van der Waals surface area contributed by atoms with Crippen LogP contribution >= 0.6 is 0 Å². The van der Waals surface area contributed by atoms with Crippen LogP contribution in [0, 0.1) is 11.6 Å². The third-order valence-corrected chi connectivity index (χ3v) is 3.64. The molecule has 0 aliphatic heterocycles. The zero-order valence-electron chi connectivity index (χ0n) is 12.2. The van der Waals surface area contributed by atoms with Crippen molar-refractivity contribution in [3.63, 3.8) is 0 Å². The second kappa shape index (κ2) is 5.92. The molecule has 2 aromatic rings. The molecule has 1 aromatic carbocycles. The number of nitrogens with two attached hydrogens (primary N) is 1. The van der Waals surface area contributed by atoms with E-state index in [0.717, 1.165) is 12.1 Å². The first-order valence-corrected chi connectivity index (χ1v) is 7.12. The molecular weight excluding hydrogens is 304 g/mol. The van der Waals surface area contributed by atoms with Crippen molar-refractivity contribution in [2.45, 2.75) is 24.9 Å². The van der Waals surface area contributed by atoms with Crippen LogP contribution in [0.15, 0.2) is 36.5 Å². The van der Waals surface area contributed by atoms with Gasteiger partial charge in [0.2, 0.25) is 11.8 Å². The Morgan fingerprint density at radius 3 is 2.78 bits per heavy atom. The number of nitrogens with zero attached hydrogens (tertiary/aromatic N) is 1. The van der Waals surface area contributed by atoms with Gasteiger partial charge in [0.05, 0.1) is 5.54 Å². The molecule has 23 heavy (non-hydrogen) atoms. The maximum atomic E-state index is 13.2. The molecule has 3 N–H and O–H groups in total. The molecule has 7 heteroatoms. The summed E-state index contributed by atoms with van der Waals surface area (Å²) in [5, 5.41) is 2.73. The van der Waals surface area contributed by atoms with Crippen LogP contribution in [0.5, 0.6) is 11.6 Å². The topological polar surface area (TPSA) is 77.2 Å². The van der Waals surface area contributed by atoms with Crippen LogP contribution in [0.1, 0.15) is 18.4 Å². The molecule has 1 aliphatic carbocycles. The fraction of sp³-hybridized carbons (Fsp3) is 0.250. The molecule has 0 spiro atoms. The first-order valence-electron chi connectivity index (χ1n) is 7.12. The highest BCUT2D eigenvalue weighted by atomic mass is 19.2. The Morgan fingerprint density at radius 1 is 1.30 bits per heavy atom. The first kappa shape index (κ1) is 15.4. The van der Waals surface area contributed by atoms with Crippen molar-refractivity contribution in [3.8, 4) is 11.6 Å². The highest BCUT2D eigenvalue weighted by Crippen LogP contribution is 2.32. The number of carbonyl (C=O) groups excluding carboxylic acids is 1. The Hall–Kier alpha value is -2.54. The lowest BCUT2D eigenvalue weighted by Gasteiger charge is -2.13. The molecule has 1 aromatic heterocycles. The van der Waals surface area contributed by atoms with Gasteiger partial charge in [-0.1, -0.05) is 6.07 Å². The minimum atomic E-state index is -1.01. The van der Waals surface area contributed by atoms with E-state index >= 15 is 0 Å². The Labute approximate surface area is 131 Å². The summed E-state index contributed by atoms with van der Waals surface area (Å²) in [7, 11) is 0. The zero-order valence-corrected chi connectivity index (χ0v) is 12.2. The van der Waals surface area contributed by atoms with Crippen molar-refractivity contribution in [3.05, 3.63) is 53.7 Å². The van der Waals surface area contributed by atoms with Crippen molar-refractivity contribution >= 4 is 5.91 Å². The molecule has 3 rings (SSSR count). The van der Waals surface area contributed by atoms with Gasteiger partial charge in [0.1, 0.15) is 5.75 Å². The molecule has 1 heterocycles. The summed E-state index contributed by atoms with van der Waals surface area (Å²) in [4.78, 5) is 15.9. The molecular formula is C16H15F2N3O2. The largest absolute Gasteiger partial charge is 0.439 e. The zero-order chi connectivity index (χ0) is 16.4. The Morgan fingerprint density at radius 2 is 2.09 bits per heavy atom. The van der Waals surface area contributed by atoms with Gasteiger partial charge in [-0.15, -0.1) is 0 Å². The molecule has 1 aliphatic rings. The highest BCUT2D eigenvalue weighted by Gasteiger charge is 2.45. The van der Waals surface area contributed by atoms with E-state index in [1.54, 1.807) is 12.1 Å². The molecule has 5 nitrogen and oxygen atoms in total. The van der Waals surface area contributed by atoms with Gasteiger partial charge in [-0.2, -0.15) is 0 Å². The van der Waals surface area contributed by atoms with E-state index in [-0.39, 0.29) is 24.1 Å². The molecule has 0 radical (unpaired) electrons. The Bertz CT molecular complexity index is 748. The summed E-state index contributed by atoms with van der Waals surface area (Å²) in [6, 6.07) is 6.62. The SMILES string of the molecule is NC1(C(=O)NCc2cccnc2Oc2ccc(F)c(F)c2)CC1. The lowest BCUT2D eigenvalue weighted by atomic mass is 10.2. The first-order chi connectivity index (χ1) is 11.0. The molecule has 0 bridgehead atoms. The number of ether oxygens (including phenoxy) is 1. The van der Waals surface area contributed by atoms with E-state index < -0.39 is 17.2 Å². The van der Waals surface area contributed by atoms with Crippen molar-refractivity contribution in [2.24, 2.45) is 5.73 Å². The maximum Gasteiger partial charge on any atom is 0.240 e. The molecule has 1 fully saturated rings. The van der Waals surface area contributed by atoms with Crippen LogP contribution in [0.4, 0.5) is 8.78 Å². The lowest BCUT2D eigenvalue weighted by molar-refractivity contribution is -0.123. The second-order valence-corrected chi connectivity index (χ2v) is 5.48. The Kier molecular flexibility index (Phi) is 3.96. The summed E-state index contributed by atoms with van der Waals surface area (Å²) < 4.78 is 31.6. The summed E-state index contributed by atoms with van der Waals surface area (Å²) in [6.45, 7) is 0.185. The minimum Gasteiger partial charge on any atom is -0.439 e. The summed E-state index contributed by atoms with van der Waals surface area (Å²) >= 11 is 0. The van der Waals surface area contributed by atoms with Crippen molar-refractivity contribution < 1.29 is 18.3 Å². The molecule has 0 saturated heterocycles. The van der Waals surface area contributed by atoms with Crippen LogP contribution in [0.3, 0.4) is 0 Å². The van der Waals surface area contributed by atoms with E-state index in [1.165, 1.54) is 12.3 Å². The summed E-state index contributed by atoms with van der Waals surface area (Å²) in [6.07, 6.45) is 2.85. The Balaban J connectivity index is 1.72. The molecule has 0 atom stereocenters. The standard InChI is InChI=1S/C16H15F2N3O2/c17-12-4-3-11(8-13(12)18)23-14-10(2-1-7-20-14)9-21-15(22)16(19)5-6-16/h1-4,7-8H,5-6,9,19H2,(H,21,22). The van der Waals surface area contributed by atoms with E-state index in [0.29, 0.717) is 18.4 Å². The number of carbonyl (C=O) groups is 1. The highest BCUT2D eigenvalue weighted by molar-refractivity contribution is 5.88. The van der Waals surface area contributed by atoms with Crippen LogP contribution < -0.4 is 15.8 Å². The number of halogens is 2. The number of amides is 1. The van der Waals surface area contributed by atoms with Crippen LogP contribution in [0.25, 0.3) is 0 Å². The average molecular weight is 319 g/mol. The number of hydrogen-bond acceptors (Lipinski definition) is 4. The van der Waals surface area contributed by atoms with Crippen LogP contribution in [-0.4, -0.2) is 16.4 Å². The maximum absolute atomic E-state index is 13.2. The molecule has 1 amide bonds. The number of nitrogens with one attached hydrogen (secondary N) is 1. The molecule has 0 unspecified atom stereocenters. The van der Waals surface area contributed by atoms with Crippen molar-refractivity contribution in [2.75, 3.05) is 0 Å². The number of rotatable bonds is 5. The van der Waals surface area contributed by atoms with E-state index in [2.05, 4.69) is 10.3 Å². The normalized spacial score (nSPS) is 15.1. The summed E-state index contributed by atoms with van der Waals surface area (Å²) in [5.41, 5.74) is 5.66. The van der Waals surface area contributed by atoms with Gasteiger partial charge in [0.25, 0.3) is 0 Å². The second-order valence-electron chi connectivity index (χ2n) is 5.48. The third-order valence-electron chi connectivity index (χ3n) is 3.64. The van der Waals surface area contributed by atoms with Gasteiger partial charge in [-0.3, -0.25) is 4.79 Å². The lowest BCUT2D eigenvalue weighted by Crippen LogP contribution is -2.42. The third kappa shape index (κ3) is 3.45. The van der Waals surface area contributed by atoms with Gasteiger partial charge < -0.3 is 15.8 Å². The van der Waals surface area contributed by atoms with Gasteiger partial charge in [0, 0.05) is 24.4 Å². The number of hydrogen-bond donors (Lipinski definition) is 2. The fourth-order valence-electron chi connectivity index (χ4n) is 2.02. The summed E-state index contributed by atoms with van der Waals surface area (Å²) in [5.74, 6) is -1.86. The quantitative estimate of drug-likeness (QED) is 0.886. The monoisotopic (exact) mass is 319 g/mol. The van der Waals surface area contributed by atoms with Crippen LogP contribution in [-0.2, 0) is 11.3 Å². The van der Waals surface area contributed by atoms with Crippen molar-refractivity contribution in [1.29, 1.82) is 0 Å². The number of pyridine rings is 1. The van der Waals surface area contributed by atoms with Gasteiger partial charge >= 0.3 is 0 Å². The number of benzene rings is 1.